The highest BCUT2D eigenvalue weighted by molar-refractivity contribution is 8.26. The van der Waals surface area contributed by atoms with Crippen LogP contribution in [-0.2, 0) is 16.0 Å². The summed E-state index contributed by atoms with van der Waals surface area (Å²) in [5.41, 5.74) is 0.797. The van der Waals surface area contributed by atoms with Crippen LogP contribution in [-0.4, -0.2) is 44.9 Å². The third-order valence-electron chi connectivity index (χ3n) is 3.88. The van der Waals surface area contributed by atoms with E-state index in [1.165, 1.54) is 28.0 Å². The number of anilines is 1. The fourth-order valence-electron chi connectivity index (χ4n) is 2.46. The molecule has 0 aliphatic carbocycles. The van der Waals surface area contributed by atoms with Gasteiger partial charge >= 0.3 is 0 Å². The predicted octanol–water partition coefficient (Wildman–Crippen LogP) is 3.34. The first-order valence-corrected chi connectivity index (χ1v) is 10.6. The lowest BCUT2D eigenvalue weighted by Crippen LogP contribution is -2.31. The summed E-state index contributed by atoms with van der Waals surface area (Å²) in [6.45, 7) is 2.18. The minimum absolute atomic E-state index is 0.120. The van der Waals surface area contributed by atoms with E-state index in [0.29, 0.717) is 20.1 Å². The molecule has 146 valence electrons. The molecule has 10 heteroatoms. The molecule has 0 radical (unpaired) electrons. The number of rotatable bonds is 7. The lowest BCUT2D eigenvalue weighted by Gasteiger charge is -2.13. The molecule has 2 amide bonds. The standard InChI is InChI=1S/C18H18N4O3S3/c1-3-15-20-21-17(28-15)19-14(23)8-9-22-16(24)13(27-18(22)26)10-11-6-4-5-7-12(11)25-2/h4-7,10H,3,8-9H2,1-2H3,(H,19,21,23)/b13-10-. The molecule has 1 saturated heterocycles. The minimum Gasteiger partial charge on any atom is -0.496 e. The molecule has 0 atom stereocenters. The third-order valence-corrected chi connectivity index (χ3v) is 6.24. The van der Waals surface area contributed by atoms with Gasteiger partial charge in [-0.25, -0.2) is 0 Å². The normalized spacial score (nSPS) is 15.4. The Kier molecular flexibility index (Phi) is 6.76. The van der Waals surface area contributed by atoms with Crippen molar-refractivity contribution in [3.05, 3.63) is 39.7 Å². The number of hydrogen-bond donors (Lipinski definition) is 1. The number of nitrogens with one attached hydrogen (secondary N) is 1. The Morgan fingerprint density at radius 2 is 2.14 bits per heavy atom. The van der Waals surface area contributed by atoms with E-state index in [2.05, 4.69) is 15.5 Å². The summed E-state index contributed by atoms with van der Waals surface area (Å²) < 4.78 is 5.75. The van der Waals surface area contributed by atoms with Crippen LogP contribution >= 0.6 is 35.3 Å². The number of thioether (sulfide) groups is 1. The van der Waals surface area contributed by atoms with Crippen LogP contribution in [0.15, 0.2) is 29.2 Å². The molecule has 2 aromatic rings. The van der Waals surface area contributed by atoms with Gasteiger partial charge in [0.2, 0.25) is 11.0 Å². The van der Waals surface area contributed by atoms with Crippen molar-refractivity contribution in [2.45, 2.75) is 19.8 Å². The maximum atomic E-state index is 12.7. The number of thiocarbonyl (C=S) groups is 1. The average molecular weight is 435 g/mol. The molecule has 1 fully saturated rings. The summed E-state index contributed by atoms with van der Waals surface area (Å²) in [7, 11) is 1.58. The van der Waals surface area contributed by atoms with Crippen molar-refractivity contribution in [3.63, 3.8) is 0 Å². The van der Waals surface area contributed by atoms with E-state index in [1.807, 2.05) is 31.2 Å². The minimum atomic E-state index is -0.235. The van der Waals surface area contributed by atoms with Gasteiger partial charge in [0.05, 0.1) is 12.0 Å². The summed E-state index contributed by atoms with van der Waals surface area (Å²) in [6, 6.07) is 7.43. The van der Waals surface area contributed by atoms with Crippen molar-refractivity contribution in [1.29, 1.82) is 0 Å². The molecule has 7 nitrogen and oxygen atoms in total. The molecule has 3 rings (SSSR count). The van der Waals surface area contributed by atoms with Gasteiger partial charge in [0.25, 0.3) is 5.91 Å². The number of ether oxygens (including phenoxy) is 1. The first-order valence-electron chi connectivity index (χ1n) is 8.52. The molecule has 0 saturated carbocycles. The van der Waals surface area contributed by atoms with Gasteiger partial charge in [0.15, 0.2) is 0 Å². The third kappa shape index (κ3) is 4.75. The van der Waals surface area contributed by atoms with Crippen LogP contribution in [0.3, 0.4) is 0 Å². The van der Waals surface area contributed by atoms with Crippen LogP contribution in [0.5, 0.6) is 5.75 Å². The Labute approximate surface area is 176 Å². The zero-order valence-electron chi connectivity index (χ0n) is 15.3. The van der Waals surface area contributed by atoms with Crippen molar-refractivity contribution in [2.75, 3.05) is 19.0 Å². The predicted molar refractivity (Wildman–Crippen MR) is 115 cm³/mol. The van der Waals surface area contributed by atoms with Crippen LogP contribution in [0.2, 0.25) is 0 Å². The van der Waals surface area contributed by atoms with Crippen LogP contribution < -0.4 is 10.1 Å². The molecule has 2 heterocycles. The molecule has 28 heavy (non-hydrogen) atoms. The van der Waals surface area contributed by atoms with Gasteiger partial charge in [-0.3, -0.25) is 14.5 Å². The van der Waals surface area contributed by atoms with Crippen molar-refractivity contribution >= 4 is 62.7 Å². The maximum Gasteiger partial charge on any atom is 0.266 e. The smallest absolute Gasteiger partial charge is 0.266 e. The van der Waals surface area contributed by atoms with Gasteiger partial charge in [0.1, 0.15) is 15.1 Å². The second-order valence-electron chi connectivity index (χ2n) is 5.73. The summed E-state index contributed by atoms with van der Waals surface area (Å²) in [6.07, 6.45) is 2.64. The summed E-state index contributed by atoms with van der Waals surface area (Å²) in [5, 5.41) is 11.9. The second-order valence-corrected chi connectivity index (χ2v) is 8.47. The topological polar surface area (TPSA) is 84.4 Å². The number of benzene rings is 1. The zero-order valence-corrected chi connectivity index (χ0v) is 17.7. The molecule has 0 bridgehead atoms. The van der Waals surface area contributed by atoms with Gasteiger partial charge in [-0.2, -0.15) is 0 Å². The molecule has 1 aromatic heterocycles. The average Bonchev–Trinajstić information content (AvgIpc) is 3.25. The summed E-state index contributed by atoms with van der Waals surface area (Å²) >= 11 is 7.88. The van der Waals surface area contributed by atoms with Gasteiger partial charge in [-0.1, -0.05) is 60.4 Å². The zero-order chi connectivity index (χ0) is 20.1. The summed E-state index contributed by atoms with van der Waals surface area (Å²) in [5.74, 6) is 0.232. The molecular formula is C18H18N4O3S3. The van der Waals surface area contributed by atoms with E-state index in [4.69, 9.17) is 17.0 Å². The van der Waals surface area contributed by atoms with Crippen LogP contribution in [0.25, 0.3) is 6.08 Å². The number of aryl methyl sites for hydroxylation is 1. The lowest BCUT2D eigenvalue weighted by molar-refractivity contribution is -0.122. The molecular weight excluding hydrogens is 416 g/mol. The maximum absolute atomic E-state index is 12.7. The summed E-state index contributed by atoms with van der Waals surface area (Å²) in [4.78, 5) is 26.8. The Morgan fingerprint density at radius 3 is 2.86 bits per heavy atom. The highest BCUT2D eigenvalue weighted by Crippen LogP contribution is 2.34. The van der Waals surface area contributed by atoms with Crippen molar-refractivity contribution in [3.8, 4) is 5.75 Å². The van der Waals surface area contributed by atoms with E-state index in [-0.39, 0.29) is 24.8 Å². The number of methoxy groups -OCH3 is 1. The Balaban J connectivity index is 1.62. The van der Waals surface area contributed by atoms with Gasteiger partial charge in [0, 0.05) is 18.5 Å². The van der Waals surface area contributed by atoms with Gasteiger partial charge < -0.3 is 10.1 Å². The number of para-hydroxylation sites is 1. The molecule has 0 unspecified atom stereocenters. The van der Waals surface area contributed by atoms with E-state index < -0.39 is 0 Å². The monoisotopic (exact) mass is 434 g/mol. The van der Waals surface area contributed by atoms with E-state index in [1.54, 1.807) is 13.2 Å². The number of carbonyl (C=O) groups is 2. The number of hydrogen-bond acceptors (Lipinski definition) is 8. The van der Waals surface area contributed by atoms with E-state index in [0.717, 1.165) is 17.0 Å². The quantitative estimate of drug-likeness (QED) is 0.528. The number of nitrogens with zero attached hydrogens (tertiary/aromatic N) is 3. The van der Waals surface area contributed by atoms with Crippen LogP contribution in [0.4, 0.5) is 5.13 Å². The van der Waals surface area contributed by atoms with Crippen molar-refractivity contribution in [1.82, 2.24) is 15.1 Å². The van der Waals surface area contributed by atoms with E-state index >= 15 is 0 Å². The first kappa shape index (κ1) is 20.4. The number of amides is 2. The Bertz CT molecular complexity index is 942. The lowest BCUT2D eigenvalue weighted by atomic mass is 10.2. The van der Waals surface area contributed by atoms with Crippen LogP contribution in [0.1, 0.15) is 23.9 Å². The highest BCUT2D eigenvalue weighted by Gasteiger charge is 2.32. The Hall–Kier alpha value is -2.30. The molecule has 1 N–H and O–H groups in total. The molecule has 1 aromatic carbocycles. The fourth-order valence-corrected chi connectivity index (χ4v) is 4.46. The molecule has 0 spiro atoms. The van der Waals surface area contributed by atoms with Gasteiger partial charge in [-0.15, -0.1) is 10.2 Å². The second kappa shape index (κ2) is 9.26. The number of carbonyl (C=O) groups excluding carboxylic acids is 2. The largest absolute Gasteiger partial charge is 0.496 e. The fraction of sp³-hybridized carbons (Fsp3) is 0.278. The molecule has 1 aliphatic rings. The van der Waals surface area contributed by atoms with Gasteiger partial charge in [-0.05, 0) is 18.6 Å². The number of aromatic nitrogens is 2. The van der Waals surface area contributed by atoms with E-state index in [9.17, 15) is 9.59 Å². The highest BCUT2D eigenvalue weighted by atomic mass is 32.2. The van der Waals surface area contributed by atoms with Crippen LogP contribution in [0, 0.1) is 0 Å². The van der Waals surface area contributed by atoms with Crippen molar-refractivity contribution in [2.24, 2.45) is 0 Å². The Morgan fingerprint density at radius 1 is 1.36 bits per heavy atom. The van der Waals surface area contributed by atoms with Crippen molar-refractivity contribution < 1.29 is 14.3 Å². The first-order chi connectivity index (χ1) is 13.5. The molecule has 1 aliphatic heterocycles. The SMILES string of the molecule is CCc1nnc(NC(=O)CCN2C(=O)/C(=C/c3ccccc3OC)SC2=S)s1.